The van der Waals surface area contributed by atoms with E-state index in [1.54, 1.807) is 0 Å². The molecule has 3 atom stereocenters. The fourth-order valence-corrected chi connectivity index (χ4v) is 8.50. The summed E-state index contributed by atoms with van der Waals surface area (Å²) in [6.07, 6.45) is -9.46. The largest absolute Gasteiger partial charge is 0.435 e. The second-order valence-corrected chi connectivity index (χ2v) is 20.6. The number of carbonyl (C=O) groups is 1. The molecule has 0 saturated heterocycles. The predicted octanol–water partition coefficient (Wildman–Crippen LogP) is 7.66. The zero-order chi connectivity index (χ0) is 47.3. The highest BCUT2D eigenvalue weighted by molar-refractivity contribution is 7.92. The second-order valence-electron chi connectivity index (χ2n) is 15.9. The van der Waals surface area contributed by atoms with Crippen LogP contribution in [0, 0.1) is 29.4 Å². The highest BCUT2D eigenvalue weighted by atomic mass is 35.5. The first kappa shape index (κ1) is 46.6. The molecule has 3 heterocycles. The van der Waals surface area contributed by atoms with Crippen molar-refractivity contribution in [1.29, 1.82) is 0 Å². The van der Waals surface area contributed by atoms with Crippen LogP contribution in [0.1, 0.15) is 66.1 Å². The average Bonchev–Trinajstić information content (AvgIpc) is 3.66. The number of fused-ring (bicyclic) bond motifs is 4. The number of sulfonamides is 1. The van der Waals surface area contributed by atoms with Gasteiger partial charge in [-0.25, -0.2) is 30.6 Å². The predicted molar refractivity (Wildman–Crippen MR) is 211 cm³/mol. The molecular formula is C39H32ClF10N7O5S2. The number of anilines is 1. The van der Waals surface area contributed by atoms with Gasteiger partial charge in [-0.05, 0) is 74.4 Å². The van der Waals surface area contributed by atoms with Crippen LogP contribution < -0.4 is 10.0 Å². The number of nitrogens with one attached hydrogen (secondary N) is 2. The van der Waals surface area contributed by atoms with Gasteiger partial charge in [0.25, 0.3) is 5.92 Å². The lowest BCUT2D eigenvalue weighted by Crippen LogP contribution is -2.35. The number of aromatic nitrogens is 5. The first-order valence-electron chi connectivity index (χ1n) is 18.6. The van der Waals surface area contributed by atoms with Gasteiger partial charge in [-0.15, -0.1) is 0 Å². The first-order valence-corrected chi connectivity index (χ1v) is 22.8. The number of pyridine rings is 1. The molecule has 2 aliphatic rings. The molecule has 0 bridgehead atoms. The number of halogens is 11. The number of rotatable bonds is 11. The minimum absolute atomic E-state index is 0.195. The molecule has 2 aliphatic carbocycles. The van der Waals surface area contributed by atoms with Gasteiger partial charge < -0.3 is 5.32 Å². The number of alkyl halides is 8. The molecule has 7 rings (SSSR count). The number of nitrogens with zero attached hydrogens (tertiary/aromatic N) is 5. The van der Waals surface area contributed by atoms with Crippen molar-refractivity contribution < 1.29 is 65.5 Å². The summed E-state index contributed by atoms with van der Waals surface area (Å²) < 4.78 is 195. The molecule has 342 valence electrons. The van der Waals surface area contributed by atoms with Crippen LogP contribution in [0.3, 0.4) is 0 Å². The Labute approximate surface area is 362 Å². The summed E-state index contributed by atoms with van der Waals surface area (Å²) in [7, 11) is -8.06. The van der Waals surface area contributed by atoms with Crippen molar-refractivity contribution in [3.8, 4) is 23.0 Å². The van der Waals surface area contributed by atoms with Crippen LogP contribution in [-0.4, -0.2) is 70.7 Å². The van der Waals surface area contributed by atoms with E-state index in [0.29, 0.717) is 17.0 Å². The van der Waals surface area contributed by atoms with Crippen LogP contribution in [-0.2, 0) is 56.3 Å². The zero-order valence-corrected chi connectivity index (χ0v) is 35.7. The quantitative estimate of drug-likeness (QED) is 0.101. The lowest BCUT2D eigenvalue weighted by Gasteiger charge is -2.23. The molecule has 25 heteroatoms. The van der Waals surface area contributed by atoms with Crippen LogP contribution in [0.25, 0.3) is 22.0 Å². The Bertz CT molecular complexity index is 3030. The lowest BCUT2D eigenvalue weighted by molar-refractivity contribution is -0.142. The maximum Gasteiger partial charge on any atom is 0.435 e. The van der Waals surface area contributed by atoms with Crippen LogP contribution in [0.15, 0.2) is 42.5 Å². The van der Waals surface area contributed by atoms with E-state index in [1.807, 2.05) is 4.72 Å². The number of hydrogen-bond donors (Lipinski definition) is 2. The van der Waals surface area contributed by atoms with Crippen LogP contribution in [0.2, 0.25) is 5.02 Å². The normalized spacial score (nSPS) is 17.7. The standard InChI is InChI=1S/C39H32ClF10N7O5S2/c1-36(2,63(3,59)60)10-9-21-5-6-22(23-7-8-26(40)30-32(23)57(17-37(43,44)45)54-35(30)55-64(4,61)62)31(51-21)27(13-18-11-19(41)14-20(42)12-18)52-28(58)16-56-34-29(33(53-56)39(48,49)50)24-15-25(24)38(34,46)47/h5-8,11-12,14,24-25,27H,13,15-17H2,1-4H3,(H,52,58)(H,54,55)/t24?,25-,27?/m1/s1. The summed E-state index contributed by atoms with van der Waals surface area (Å²) in [5.74, 6) is -5.43. The first-order chi connectivity index (χ1) is 29.3. The highest BCUT2D eigenvalue weighted by Gasteiger charge is 2.68. The lowest BCUT2D eigenvalue weighted by atomic mass is 9.93. The molecule has 0 radical (unpaired) electrons. The summed E-state index contributed by atoms with van der Waals surface area (Å²) >= 11 is 6.46. The van der Waals surface area contributed by atoms with Crippen molar-refractivity contribution in [2.24, 2.45) is 5.92 Å². The minimum Gasteiger partial charge on any atom is -0.346 e. The third-order valence-electron chi connectivity index (χ3n) is 10.6. The Kier molecular flexibility index (Phi) is 11.4. The smallest absolute Gasteiger partial charge is 0.346 e. The Morgan fingerprint density at radius 1 is 0.953 bits per heavy atom. The van der Waals surface area contributed by atoms with Crippen LogP contribution in [0.4, 0.5) is 49.7 Å². The molecule has 2 N–H and O–H groups in total. The van der Waals surface area contributed by atoms with Crippen molar-refractivity contribution in [1.82, 2.24) is 29.9 Å². The van der Waals surface area contributed by atoms with E-state index in [0.717, 1.165) is 24.5 Å². The maximum absolute atomic E-state index is 15.5. The molecule has 3 aromatic heterocycles. The fraction of sp³-hybridized carbons (Fsp3) is 0.385. The summed E-state index contributed by atoms with van der Waals surface area (Å²) in [5.41, 5.74) is -5.17. The van der Waals surface area contributed by atoms with Gasteiger partial charge in [0, 0.05) is 34.9 Å². The van der Waals surface area contributed by atoms with E-state index in [4.69, 9.17) is 11.6 Å². The van der Waals surface area contributed by atoms with Gasteiger partial charge in [0.2, 0.25) is 15.9 Å². The topological polar surface area (TPSA) is 158 Å². The molecule has 2 unspecified atom stereocenters. The fourth-order valence-electron chi connectivity index (χ4n) is 7.52. The molecular weight excluding hydrogens is 936 g/mol. The molecule has 2 aromatic carbocycles. The van der Waals surface area contributed by atoms with Gasteiger partial charge >= 0.3 is 12.4 Å². The van der Waals surface area contributed by atoms with Crippen molar-refractivity contribution >= 4 is 54.1 Å². The monoisotopic (exact) mass is 967 g/mol. The van der Waals surface area contributed by atoms with Gasteiger partial charge in [0.1, 0.15) is 40.9 Å². The zero-order valence-electron chi connectivity index (χ0n) is 33.4. The summed E-state index contributed by atoms with van der Waals surface area (Å²) in [4.78, 5) is 18.5. The van der Waals surface area contributed by atoms with E-state index in [-0.39, 0.29) is 49.6 Å². The summed E-state index contributed by atoms with van der Waals surface area (Å²) in [6.45, 7) is -0.547. The summed E-state index contributed by atoms with van der Waals surface area (Å²) in [6, 6.07) is 5.24. The molecule has 64 heavy (non-hydrogen) atoms. The third-order valence-corrected chi connectivity index (χ3v) is 13.4. The van der Waals surface area contributed by atoms with E-state index in [1.165, 1.54) is 32.0 Å². The van der Waals surface area contributed by atoms with Gasteiger partial charge in [0.05, 0.1) is 33.9 Å². The number of benzene rings is 2. The van der Waals surface area contributed by atoms with Gasteiger partial charge in [-0.1, -0.05) is 23.6 Å². The van der Waals surface area contributed by atoms with Crippen molar-refractivity contribution in [3.05, 3.63) is 93.0 Å². The van der Waals surface area contributed by atoms with Crippen molar-refractivity contribution in [3.63, 3.8) is 0 Å². The van der Waals surface area contributed by atoms with E-state index < -0.39 is 126 Å². The number of hydrogen-bond acceptors (Lipinski definition) is 8. The molecule has 1 fully saturated rings. The summed E-state index contributed by atoms with van der Waals surface area (Å²) in [5, 5.41) is 9.01. The molecule has 0 spiro atoms. The van der Waals surface area contributed by atoms with E-state index in [2.05, 4.69) is 32.3 Å². The van der Waals surface area contributed by atoms with Gasteiger partial charge in [0.15, 0.2) is 21.3 Å². The van der Waals surface area contributed by atoms with Gasteiger partial charge in [-0.3, -0.25) is 18.9 Å². The van der Waals surface area contributed by atoms with Crippen molar-refractivity contribution in [2.45, 2.75) is 74.8 Å². The highest BCUT2D eigenvalue weighted by Crippen LogP contribution is 2.68. The van der Waals surface area contributed by atoms with E-state index in [9.17, 15) is 56.8 Å². The Morgan fingerprint density at radius 3 is 2.19 bits per heavy atom. The molecule has 5 aromatic rings. The van der Waals surface area contributed by atoms with Crippen LogP contribution >= 0.6 is 11.6 Å². The molecule has 1 amide bonds. The average molecular weight is 968 g/mol. The Hall–Kier alpha value is -5.41. The van der Waals surface area contributed by atoms with E-state index >= 15 is 8.78 Å². The SMILES string of the molecule is CC(C)(C#Cc1ccc(-c2ccc(Cl)c3c(NS(C)(=O)=O)nn(CC(F)(F)F)c23)c(C(Cc2cc(F)cc(F)c2)NC(=O)Cn2nc(C(F)(F)F)c3c2C(F)(F)[C@@H]2CC32)n1)S(C)(=O)=O. The Morgan fingerprint density at radius 2 is 1.59 bits per heavy atom. The number of amides is 1. The molecule has 1 saturated carbocycles. The van der Waals surface area contributed by atoms with Crippen molar-refractivity contribution in [2.75, 3.05) is 17.2 Å². The van der Waals surface area contributed by atoms with Crippen LogP contribution in [0.5, 0.6) is 0 Å². The second kappa shape index (κ2) is 15.6. The maximum atomic E-state index is 15.5. The number of carbonyl (C=O) groups excluding carboxylic acids is 1. The third kappa shape index (κ3) is 9.24. The Balaban J connectivity index is 1.45. The minimum atomic E-state index is -5.19. The van der Waals surface area contributed by atoms with Gasteiger partial charge in [-0.2, -0.15) is 45.3 Å². The molecule has 0 aliphatic heterocycles. The number of sulfone groups is 1. The molecule has 12 nitrogen and oxygen atoms in total.